The number of amides is 1. The Labute approximate surface area is 164 Å². The van der Waals surface area contributed by atoms with Gasteiger partial charge in [0.1, 0.15) is 11.1 Å². The van der Waals surface area contributed by atoms with Gasteiger partial charge < -0.3 is 29.8 Å². The number of benzene rings is 1. The molecule has 0 bridgehead atoms. The van der Waals surface area contributed by atoms with Gasteiger partial charge in [-0.3, -0.25) is 4.79 Å². The van der Waals surface area contributed by atoms with Crippen molar-refractivity contribution < 1.29 is 18.7 Å². The maximum absolute atomic E-state index is 12.3. The molecule has 0 saturated carbocycles. The summed E-state index contributed by atoms with van der Waals surface area (Å²) in [7, 11) is 0. The van der Waals surface area contributed by atoms with Crippen LogP contribution in [0.25, 0.3) is 11.0 Å². The summed E-state index contributed by atoms with van der Waals surface area (Å²) in [5, 5.41) is 3.36. The molecule has 0 unspecified atom stereocenters. The molecule has 0 aliphatic carbocycles. The largest absolute Gasteiger partial charge is 0.422 e. The second-order valence-electron chi connectivity index (χ2n) is 6.11. The van der Waals surface area contributed by atoms with Crippen LogP contribution in [-0.2, 0) is 9.47 Å². The molecule has 1 amide bonds. The van der Waals surface area contributed by atoms with Crippen LogP contribution in [0.1, 0.15) is 24.2 Å². The highest BCUT2D eigenvalue weighted by molar-refractivity contribution is 5.96. The van der Waals surface area contributed by atoms with E-state index >= 15 is 0 Å². The van der Waals surface area contributed by atoms with Crippen molar-refractivity contribution in [1.29, 1.82) is 0 Å². The molecule has 0 radical (unpaired) electrons. The molecule has 3 N–H and O–H groups in total. The second kappa shape index (κ2) is 11.4. The fourth-order valence-corrected chi connectivity index (χ4v) is 2.78. The molecule has 0 fully saturated rings. The van der Waals surface area contributed by atoms with Crippen molar-refractivity contribution in [1.82, 2.24) is 5.32 Å². The van der Waals surface area contributed by atoms with Crippen LogP contribution >= 0.6 is 0 Å². The molecule has 0 atom stereocenters. The van der Waals surface area contributed by atoms with Crippen LogP contribution in [0.3, 0.4) is 0 Å². The number of nitrogens with one attached hydrogen (secondary N) is 1. The van der Waals surface area contributed by atoms with Crippen LogP contribution in [0, 0.1) is 0 Å². The number of carbonyl (C=O) groups excluding carboxylic acids is 1. The summed E-state index contributed by atoms with van der Waals surface area (Å²) >= 11 is 0. The summed E-state index contributed by atoms with van der Waals surface area (Å²) in [4.78, 5) is 26.7. The van der Waals surface area contributed by atoms with E-state index in [2.05, 4.69) is 24.1 Å². The molecule has 0 spiro atoms. The first-order valence-corrected chi connectivity index (χ1v) is 9.57. The van der Waals surface area contributed by atoms with E-state index in [-0.39, 0.29) is 12.1 Å². The number of nitrogens with two attached hydrogens (primary N) is 1. The maximum Gasteiger partial charge on any atom is 0.349 e. The highest BCUT2D eigenvalue weighted by Gasteiger charge is 2.14. The van der Waals surface area contributed by atoms with Gasteiger partial charge in [0.15, 0.2) is 0 Å². The van der Waals surface area contributed by atoms with E-state index in [9.17, 15) is 9.59 Å². The van der Waals surface area contributed by atoms with Gasteiger partial charge in [-0.2, -0.15) is 0 Å². The van der Waals surface area contributed by atoms with Gasteiger partial charge in [-0.05, 0) is 32.0 Å². The first-order valence-electron chi connectivity index (χ1n) is 9.57. The number of carbonyl (C=O) groups is 1. The van der Waals surface area contributed by atoms with Gasteiger partial charge >= 0.3 is 5.63 Å². The zero-order valence-corrected chi connectivity index (χ0v) is 16.5. The topological polar surface area (TPSA) is 107 Å². The Balaban J connectivity index is 1.95. The average Bonchev–Trinajstić information content (AvgIpc) is 2.70. The summed E-state index contributed by atoms with van der Waals surface area (Å²) < 4.78 is 15.9. The molecule has 0 saturated heterocycles. The maximum atomic E-state index is 12.3. The van der Waals surface area contributed by atoms with Crippen molar-refractivity contribution in [2.45, 2.75) is 13.8 Å². The standard InChI is InChI=1S/C20H29N3O5/c1-3-23(4-2)16-6-5-15-13-17(20(25)28-18(15)14-16)19(24)22-8-10-27-12-11-26-9-7-21/h5-6,13-14H,3-4,7-12,21H2,1-2H3,(H,22,24). The fraction of sp³-hybridized carbons (Fsp3) is 0.500. The second-order valence-corrected chi connectivity index (χ2v) is 6.11. The number of fused-ring (bicyclic) bond motifs is 1. The zero-order chi connectivity index (χ0) is 20.4. The average molecular weight is 391 g/mol. The molecule has 8 heteroatoms. The number of nitrogens with zero attached hydrogens (tertiary/aromatic N) is 1. The molecule has 1 heterocycles. The SMILES string of the molecule is CCN(CC)c1ccc2cc(C(=O)NCCOCCOCCN)c(=O)oc2c1. The Morgan fingerprint density at radius 3 is 2.50 bits per heavy atom. The van der Waals surface area contributed by atoms with Crippen LogP contribution < -0.4 is 21.6 Å². The first kappa shape index (κ1) is 21.9. The van der Waals surface area contributed by atoms with Gasteiger partial charge in [-0.15, -0.1) is 0 Å². The van der Waals surface area contributed by atoms with Gasteiger partial charge in [-0.25, -0.2) is 4.79 Å². The van der Waals surface area contributed by atoms with E-state index in [0.717, 1.165) is 18.8 Å². The van der Waals surface area contributed by atoms with E-state index in [1.54, 1.807) is 6.07 Å². The number of hydrogen-bond acceptors (Lipinski definition) is 7. The van der Waals surface area contributed by atoms with Crippen molar-refractivity contribution in [2.24, 2.45) is 5.73 Å². The molecule has 28 heavy (non-hydrogen) atoms. The van der Waals surface area contributed by atoms with Crippen molar-refractivity contribution in [3.8, 4) is 0 Å². The van der Waals surface area contributed by atoms with E-state index in [1.165, 1.54) is 0 Å². The van der Waals surface area contributed by atoms with Crippen molar-refractivity contribution >= 4 is 22.6 Å². The van der Waals surface area contributed by atoms with Crippen LogP contribution in [0.5, 0.6) is 0 Å². The van der Waals surface area contributed by atoms with Crippen molar-refractivity contribution in [2.75, 3.05) is 57.5 Å². The van der Waals surface area contributed by atoms with E-state index in [1.807, 2.05) is 18.2 Å². The predicted octanol–water partition coefficient (Wildman–Crippen LogP) is 1.36. The highest BCUT2D eigenvalue weighted by atomic mass is 16.5. The number of anilines is 1. The van der Waals surface area contributed by atoms with Gasteiger partial charge in [0.05, 0.1) is 26.4 Å². The van der Waals surface area contributed by atoms with Gasteiger partial charge in [0.2, 0.25) is 0 Å². The normalized spacial score (nSPS) is 11.0. The molecular formula is C20H29N3O5. The summed E-state index contributed by atoms with van der Waals surface area (Å²) in [6.45, 7) is 8.29. The molecule has 0 aliphatic rings. The third-order valence-electron chi connectivity index (χ3n) is 4.26. The highest BCUT2D eigenvalue weighted by Crippen LogP contribution is 2.21. The quantitative estimate of drug-likeness (QED) is 0.415. The van der Waals surface area contributed by atoms with Crippen LogP contribution in [0.15, 0.2) is 33.5 Å². The molecule has 1 aromatic heterocycles. The van der Waals surface area contributed by atoms with Crippen LogP contribution in [0.4, 0.5) is 5.69 Å². The Kier molecular flexibility index (Phi) is 8.93. The summed E-state index contributed by atoms with van der Waals surface area (Å²) in [5.41, 5.74) is 6.08. The lowest BCUT2D eigenvalue weighted by atomic mass is 10.1. The number of hydrogen-bond donors (Lipinski definition) is 2. The molecule has 2 aromatic rings. The molecule has 8 nitrogen and oxygen atoms in total. The van der Waals surface area contributed by atoms with Gasteiger partial charge in [0.25, 0.3) is 5.91 Å². The molecule has 154 valence electrons. The van der Waals surface area contributed by atoms with Gasteiger partial charge in [-0.1, -0.05) is 0 Å². The van der Waals surface area contributed by atoms with Crippen LogP contribution in [-0.4, -0.2) is 58.5 Å². The predicted molar refractivity (Wildman–Crippen MR) is 109 cm³/mol. The Morgan fingerprint density at radius 1 is 1.11 bits per heavy atom. The van der Waals surface area contributed by atoms with Crippen molar-refractivity contribution in [3.63, 3.8) is 0 Å². The molecule has 0 aliphatic heterocycles. The Morgan fingerprint density at radius 2 is 1.82 bits per heavy atom. The van der Waals surface area contributed by atoms with E-state index < -0.39 is 11.5 Å². The lowest BCUT2D eigenvalue weighted by Crippen LogP contribution is -2.31. The summed E-state index contributed by atoms with van der Waals surface area (Å²) in [6, 6.07) is 7.20. The van der Waals surface area contributed by atoms with Crippen LogP contribution in [0.2, 0.25) is 0 Å². The summed E-state index contributed by atoms with van der Waals surface area (Å²) in [6.07, 6.45) is 0. The summed E-state index contributed by atoms with van der Waals surface area (Å²) in [5.74, 6) is -0.480. The van der Waals surface area contributed by atoms with E-state index in [0.29, 0.717) is 43.9 Å². The monoisotopic (exact) mass is 391 g/mol. The fourth-order valence-electron chi connectivity index (χ4n) is 2.78. The third kappa shape index (κ3) is 6.05. The molecule has 1 aromatic carbocycles. The van der Waals surface area contributed by atoms with Gasteiger partial charge in [0, 0.05) is 43.3 Å². The molecular weight excluding hydrogens is 362 g/mol. The Bertz CT molecular complexity index is 817. The first-order chi connectivity index (χ1) is 13.6. The Hall–Kier alpha value is -2.42. The zero-order valence-electron chi connectivity index (χ0n) is 16.5. The van der Waals surface area contributed by atoms with Crippen molar-refractivity contribution in [3.05, 3.63) is 40.2 Å². The van der Waals surface area contributed by atoms with E-state index in [4.69, 9.17) is 19.6 Å². The lowest BCUT2D eigenvalue weighted by Gasteiger charge is -2.21. The lowest BCUT2D eigenvalue weighted by molar-refractivity contribution is 0.0511. The minimum atomic E-state index is -0.655. The smallest absolute Gasteiger partial charge is 0.349 e. The third-order valence-corrected chi connectivity index (χ3v) is 4.26. The minimum Gasteiger partial charge on any atom is -0.422 e. The number of ether oxygens (including phenoxy) is 2. The minimum absolute atomic E-state index is 0.0191. The molecule has 2 rings (SSSR count). The number of rotatable bonds is 12.